The van der Waals surface area contributed by atoms with Gasteiger partial charge in [-0.1, -0.05) is 19.3 Å². The first-order chi connectivity index (χ1) is 20.8. The van der Waals surface area contributed by atoms with Gasteiger partial charge in [0, 0.05) is 43.2 Å². The number of halogens is 2. The normalized spacial score (nSPS) is 23.2. The zero-order valence-corrected chi connectivity index (χ0v) is 29.0. The average molecular weight is 685 g/mol. The molecule has 0 radical (unpaired) electrons. The van der Waals surface area contributed by atoms with Gasteiger partial charge in [0.15, 0.2) is 0 Å². The SMILES string of the molecule is CCO[C@@H]1C[C@@H]2CN(C(=O)[C@@H](NC(=O)[C@H](C)NC)C3CCCCC3)[C@H](c3nc(C(=O)c4ccc(OC)cc4)cs3)CN2C1.Cl.Cl. The van der Waals surface area contributed by atoms with Gasteiger partial charge in [-0.15, -0.1) is 36.2 Å². The molecule has 250 valence electrons. The summed E-state index contributed by atoms with van der Waals surface area (Å²) in [6, 6.07) is 5.86. The number of thiazole rings is 1. The molecule has 5 rings (SSSR count). The topological polar surface area (TPSA) is 113 Å². The van der Waals surface area contributed by atoms with Gasteiger partial charge < -0.3 is 25.0 Å². The highest BCUT2D eigenvalue weighted by atomic mass is 35.5. The number of piperazine rings is 1. The number of rotatable bonds is 11. The molecule has 3 heterocycles. The average Bonchev–Trinajstić information content (AvgIpc) is 3.69. The van der Waals surface area contributed by atoms with Crippen LogP contribution in [0.2, 0.25) is 0 Å². The van der Waals surface area contributed by atoms with Crippen LogP contribution in [-0.4, -0.2) is 97.0 Å². The summed E-state index contributed by atoms with van der Waals surface area (Å²) in [5.74, 6) is 0.395. The first-order valence-electron chi connectivity index (χ1n) is 15.6. The van der Waals surface area contributed by atoms with Crippen molar-refractivity contribution in [1.29, 1.82) is 0 Å². The van der Waals surface area contributed by atoms with E-state index in [1.54, 1.807) is 43.8 Å². The van der Waals surface area contributed by atoms with Crippen molar-refractivity contribution in [3.8, 4) is 5.75 Å². The molecule has 3 aliphatic rings. The Morgan fingerprint density at radius 2 is 1.78 bits per heavy atom. The van der Waals surface area contributed by atoms with Crippen LogP contribution in [0, 0.1) is 5.92 Å². The Bertz CT molecular complexity index is 1270. The fraction of sp³-hybridized carbons (Fsp3) is 0.625. The third kappa shape index (κ3) is 8.55. The summed E-state index contributed by atoms with van der Waals surface area (Å²) in [6.45, 7) is 6.43. The maximum absolute atomic E-state index is 14.6. The Morgan fingerprint density at radius 3 is 2.42 bits per heavy atom. The van der Waals surface area contributed by atoms with Crippen molar-refractivity contribution in [2.45, 2.75) is 82.6 Å². The van der Waals surface area contributed by atoms with Crippen LogP contribution in [0.5, 0.6) is 5.75 Å². The highest BCUT2D eigenvalue weighted by Crippen LogP contribution is 2.37. The lowest BCUT2D eigenvalue weighted by Gasteiger charge is -2.45. The van der Waals surface area contributed by atoms with Gasteiger partial charge in [-0.3, -0.25) is 19.3 Å². The number of likely N-dealkylation sites (N-methyl/N-ethyl adjacent to an activating group) is 1. The fourth-order valence-electron chi connectivity index (χ4n) is 6.71. The molecule has 3 fully saturated rings. The van der Waals surface area contributed by atoms with Gasteiger partial charge in [0.05, 0.1) is 25.3 Å². The Kier molecular flexibility index (Phi) is 14.1. The number of nitrogens with one attached hydrogen (secondary N) is 2. The molecule has 0 unspecified atom stereocenters. The predicted octanol–water partition coefficient (Wildman–Crippen LogP) is 4.26. The molecule has 2 amide bonds. The highest BCUT2D eigenvalue weighted by molar-refractivity contribution is 7.10. The Morgan fingerprint density at radius 1 is 1.07 bits per heavy atom. The number of carbonyl (C=O) groups excluding carboxylic acids is 3. The zero-order valence-electron chi connectivity index (χ0n) is 26.5. The number of hydrogen-bond acceptors (Lipinski definition) is 9. The number of amides is 2. The summed E-state index contributed by atoms with van der Waals surface area (Å²) in [7, 11) is 3.34. The van der Waals surface area contributed by atoms with Crippen LogP contribution in [0.25, 0.3) is 0 Å². The molecular formula is C32H47Cl2N5O5S. The van der Waals surface area contributed by atoms with Gasteiger partial charge in [0.25, 0.3) is 0 Å². The van der Waals surface area contributed by atoms with Crippen LogP contribution in [-0.2, 0) is 14.3 Å². The molecule has 2 aromatic rings. The third-order valence-electron chi connectivity index (χ3n) is 9.27. The van der Waals surface area contributed by atoms with E-state index in [0.29, 0.717) is 36.7 Å². The first-order valence-corrected chi connectivity index (χ1v) is 16.5. The molecule has 45 heavy (non-hydrogen) atoms. The number of ketones is 1. The van der Waals surface area contributed by atoms with Gasteiger partial charge in [0.1, 0.15) is 22.5 Å². The smallest absolute Gasteiger partial charge is 0.246 e. The molecule has 1 aliphatic carbocycles. The van der Waals surface area contributed by atoms with E-state index in [1.165, 1.54) is 11.3 Å². The Labute approximate surface area is 282 Å². The summed E-state index contributed by atoms with van der Waals surface area (Å²) in [5.41, 5.74) is 0.903. The summed E-state index contributed by atoms with van der Waals surface area (Å²) >= 11 is 1.42. The van der Waals surface area contributed by atoms with Crippen LogP contribution < -0.4 is 15.4 Å². The molecule has 2 saturated heterocycles. The fourth-order valence-corrected chi connectivity index (χ4v) is 7.61. The summed E-state index contributed by atoms with van der Waals surface area (Å²) in [6.07, 6.45) is 6.10. The molecule has 2 aliphatic heterocycles. The number of ether oxygens (including phenoxy) is 2. The lowest BCUT2D eigenvalue weighted by molar-refractivity contribution is -0.144. The molecule has 1 saturated carbocycles. The summed E-state index contributed by atoms with van der Waals surface area (Å²) in [5, 5.41) is 8.67. The highest BCUT2D eigenvalue weighted by Gasteiger charge is 2.46. The summed E-state index contributed by atoms with van der Waals surface area (Å²) in [4.78, 5) is 50.2. The van der Waals surface area contributed by atoms with E-state index in [2.05, 4.69) is 15.5 Å². The van der Waals surface area contributed by atoms with Gasteiger partial charge in [-0.25, -0.2) is 4.98 Å². The monoisotopic (exact) mass is 683 g/mol. The van der Waals surface area contributed by atoms with Crippen molar-refractivity contribution in [2.75, 3.05) is 40.4 Å². The minimum atomic E-state index is -0.595. The van der Waals surface area contributed by atoms with Gasteiger partial charge in [-0.2, -0.15) is 0 Å². The molecule has 2 N–H and O–H groups in total. The van der Waals surface area contributed by atoms with E-state index in [0.717, 1.165) is 50.1 Å². The van der Waals surface area contributed by atoms with E-state index in [9.17, 15) is 14.4 Å². The molecule has 10 nitrogen and oxygen atoms in total. The largest absolute Gasteiger partial charge is 0.497 e. The summed E-state index contributed by atoms with van der Waals surface area (Å²) < 4.78 is 11.2. The van der Waals surface area contributed by atoms with Crippen LogP contribution in [0.15, 0.2) is 29.6 Å². The number of methoxy groups -OCH3 is 1. The standard InChI is InChI=1S/C32H45N5O5S.2ClH/c1-5-42-25-15-23-16-37(32(40)28(21-9-7-6-8-10-21)35-30(39)20(2)33-3)27(18-36(23)17-25)31-34-26(19-43-31)29(38)22-11-13-24(41-4)14-12-22;;/h11-14,19-21,23,25,27-28,33H,5-10,15-18H2,1-4H3,(H,35,39);2*1H/t20-,23+,25+,27-,28-;;/m0../s1. The number of hydrogen-bond donors (Lipinski definition) is 2. The van der Waals surface area contributed by atoms with Gasteiger partial charge in [-0.05, 0) is 70.3 Å². The molecule has 0 spiro atoms. The van der Waals surface area contributed by atoms with E-state index < -0.39 is 12.1 Å². The number of benzene rings is 1. The first kappa shape index (κ1) is 37.2. The second-order valence-electron chi connectivity index (χ2n) is 12.0. The maximum Gasteiger partial charge on any atom is 0.246 e. The Balaban J connectivity index is 0.00000276. The molecule has 0 bridgehead atoms. The molecule has 5 atom stereocenters. The lowest BCUT2D eigenvalue weighted by Crippen LogP contribution is -2.61. The molecule has 1 aromatic heterocycles. The maximum atomic E-state index is 14.6. The van der Waals surface area contributed by atoms with E-state index in [1.807, 2.05) is 18.7 Å². The second kappa shape index (κ2) is 17.0. The van der Waals surface area contributed by atoms with Gasteiger partial charge >= 0.3 is 0 Å². The van der Waals surface area contributed by atoms with Crippen molar-refractivity contribution in [1.82, 2.24) is 25.4 Å². The minimum absolute atomic E-state index is 0. The predicted molar refractivity (Wildman–Crippen MR) is 180 cm³/mol. The van der Waals surface area contributed by atoms with Crippen molar-refractivity contribution in [3.05, 3.63) is 45.9 Å². The zero-order chi connectivity index (χ0) is 30.5. The number of nitrogens with zero attached hydrogens (tertiary/aromatic N) is 3. The van der Waals surface area contributed by atoms with Crippen LogP contribution in [0.1, 0.15) is 79.5 Å². The third-order valence-corrected chi connectivity index (χ3v) is 10.2. The van der Waals surface area contributed by atoms with Crippen molar-refractivity contribution >= 4 is 53.7 Å². The van der Waals surface area contributed by atoms with E-state index in [4.69, 9.17) is 14.5 Å². The Hall–Kier alpha value is -2.28. The number of aromatic nitrogens is 1. The van der Waals surface area contributed by atoms with Crippen LogP contribution in [0.3, 0.4) is 0 Å². The minimum Gasteiger partial charge on any atom is -0.497 e. The van der Waals surface area contributed by atoms with E-state index in [-0.39, 0.29) is 66.5 Å². The molecule has 1 aromatic carbocycles. The second-order valence-corrected chi connectivity index (χ2v) is 12.8. The van der Waals surface area contributed by atoms with Crippen molar-refractivity contribution in [2.24, 2.45) is 5.92 Å². The van der Waals surface area contributed by atoms with Gasteiger partial charge in [0.2, 0.25) is 17.6 Å². The number of fused-ring (bicyclic) bond motifs is 1. The quantitative estimate of drug-likeness (QED) is 0.338. The van der Waals surface area contributed by atoms with E-state index >= 15 is 0 Å². The van der Waals surface area contributed by atoms with Crippen molar-refractivity contribution in [3.63, 3.8) is 0 Å². The molecular weight excluding hydrogens is 637 g/mol. The van der Waals surface area contributed by atoms with Crippen LogP contribution in [0.4, 0.5) is 0 Å². The van der Waals surface area contributed by atoms with Crippen molar-refractivity contribution < 1.29 is 23.9 Å². The number of carbonyl (C=O) groups is 3. The van der Waals surface area contributed by atoms with Crippen LogP contribution >= 0.6 is 36.2 Å². The molecule has 13 heteroatoms. The lowest BCUT2D eigenvalue weighted by atomic mass is 9.82.